The van der Waals surface area contributed by atoms with E-state index in [1.807, 2.05) is 12.1 Å². The third-order valence-electron chi connectivity index (χ3n) is 10.8. The second kappa shape index (κ2) is 26.0. The zero-order chi connectivity index (χ0) is 43.1. The van der Waals surface area contributed by atoms with Crippen LogP contribution in [-0.2, 0) is 14.2 Å². The summed E-state index contributed by atoms with van der Waals surface area (Å²) in [5.74, 6) is 1.09. The highest BCUT2D eigenvalue weighted by Gasteiger charge is 2.19. The fourth-order valence-electron chi connectivity index (χ4n) is 6.63. The number of unbranched alkanes of at least 4 members (excludes halogenated alkanes) is 3. The minimum Gasteiger partial charge on any atom is -0.462 e. The number of carbonyl (C=O) groups is 3. The Morgan fingerprint density at radius 3 is 1.37 bits per heavy atom. The van der Waals surface area contributed by atoms with E-state index in [2.05, 4.69) is 63.1 Å². The van der Waals surface area contributed by atoms with Crippen molar-refractivity contribution in [2.45, 2.75) is 119 Å². The topological polar surface area (TPSA) is 143 Å². The number of nitrogens with one attached hydrogen (secondary N) is 4. The van der Waals surface area contributed by atoms with Crippen LogP contribution in [0.5, 0.6) is 0 Å². The number of esters is 3. The Kier molecular flexibility index (Phi) is 20.5. The van der Waals surface area contributed by atoms with Gasteiger partial charge in [0, 0.05) is 11.8 Å². The third kappa shape index (κ3) is 16.0. The monoisotopic (exact) mass is 825 g/mol. The van der Waals surface area contributed by atoms with E-state index in [1.54, 1.807) is 66.7 Å². The Hall–Kier alpha value is -5.36. The van der Waals surface area contributed by atoms with Crippen LogP contribution >= 0.6 is 0 Å². The molecule has 0 fully saturated rings. The first-order valence-corrected chi connectivity index (χ1v) is 22.2. The summed E-state index contributed by atoms with van der Waals surface area (Å²) < 4.78 is 17.0. The molecule has 3 aromatic rings. The first-order valence-electron chi connectivity index (χ1n) is 22.2. The number of amidine groups is 1. The maximum absolute atomic E-state index is 12.8. The van der Waals surface area contributed by atoms with Gasteiger partial charge in [-0.3, -0.25) is 16.3 Å². The average Bonchev–Trinajstić information content (AvgIpc) is 3.27. The van der Waals surface area contributed by atoms with E-state index in [0.29, 0.717) is 77.3 Å². The minimum absolute atomic E-state index is 0.340. The summed E-state index contributed by atoms with van der Waals surface area (Å²) >= 11 is 0. The fraction of sp³-hybridized carbons (Fsp3) is 0.500. The van der Waals surface area contributed by atoms with Crippen LogP contribution in [0.3, 0.4) is 0 Å². The van der Waals surface area contributed by atoms with Crippen LogP contribution in [-0.4, -0.2) is 48.8 Å². The average molecular weight is 825 g/mol. The van der Waals surface area contributed by atoms with Crippen molar-refractivity contribution < 1.29 is 28.6 Å². The van der Waals surface area contributed by atoms with Gasteiger partial charge in [-0.2, -0.15) is 0 Å². The van der Waals surface area contributed by atoms with Crippen LogP contribution in [0.25, 0.3) is 0 Å². The van der Waals surface area contributed by atoms with Crippen molar-refractivity contribution >= 4 is 40.8 Å². The lowest BCUT2D eigenvalue weighted by Crippen LogP contribution is -2.57. The summed E-state index contributed by atoms with van der Waals surface area (Å²) in [5, 5.41) is 4.90. The summed E-state index contributed by atoms with van der Waals surface area (Å²) in [6.07, 6.45) is 14.6. The molecular weight excluding hydrogens is 757 g/mol. The Morgan fingerprint density at radius 1 is 0.567 bits per heavy atom. The molecule has 0 saturated carbocycles. The van der Waals surface area contributed by atoms with Gasteiger partial charge in [-0.1, -0.05) is 99.3 Å². The summed E-state index contributed by atoms with van der Waals surface area (Å²) in [6, 6.07) is 21.1. The van der Waals surface area contributed by atoms with Crippen LogP contribution in [0.1, 0.15) is 150 Å². The highest BCUT2D eigenvalue weighted by Crippen LogP contribution is 2.21. The summed E-state index contributed by atoms with van der Waals surface area (Å²) in [5.41, 5.74) is 13.2. The molecule has 4 N–H and O–H groups in total. The maximum atomic E-state index is 12.8. The zero-order valence-corrected chi connectivity index (χ0v) is 36.7. The maximum Gasteiger partial charge on any atom is 0.338 e. The van der Waals surface area contributed by atoms with Gasteiger partial charge in [0.2, 0.25) is 0 Å². The lowest BCUT2D eigenvalue weighted by molar-refractivity contribution is 0.0419. The van der Waals surface area contributed by atoms with E-state index in [9.17, 15) is 14.4 Å². The number of anilines is 2. The van der Waals surface area contributed by atoms with Gasteiger partial charge < -0.3 is 19.5 Å². The van der Waals surface area contributed by atoms with Crippen LogP contribution in [0.15, 0.2) is 89.7 Å². The van der Waals surface area contributed by atoms with Crippen molar-refractivity contribution in [3.8, 4) is 0 Å². The Balaban J connectivity index is 1.46. The SMILES string of the molecule is CCCCC(CC)COC(=O)c1ccc(N=C2C=C(Nc3ccc(C(=O)OCC(CC)CCCC)cc3)NN(Nc3ccc(C(=O)OCC(CC)CCCC)cc3)N2)cc1. The third-order valence-corrected chi connectivity index (χ3v) is 10.8. The number of hydrogen-bond acceptors (Lipinski definition) is 11. The molecule has 12 heteroatoms. The largest absolute Gasteiger partial charge is 0.462 e. The van der Waals surface area contributed by atoms with Crippen molar-refractivity contribution in [3.63, 3.8) is 0 Å². The lowest BCUT2D eigenvalue weighted by atomic mass is 10.0. The van der Waals surface area contributed by atoms with Gasteiger partial charge in [-0.05, 0) is 115 Å². The van der Waals surface area contributed by atoms with E-state index >= 15 is 0 Å². The number of hydrogen-bond donors (Lipinski definition) is 4. The van der Waals surface area contributed by atoms with Crippen molar-refractivity contribution in [1.82, 2.24) is 16.1 Å². The molecule has 0 aliphatic carbocycles. The Morgan fingerprint density at radius 2 is 0.967 bits per heavy atom. The zero-order valence-electron chi connectivity index (χ0n) is 36.7. The van der Waals surface area contributed by atoms with E-state index in [1.165, 1.54) is 5.23 Å². The number of hydrazine groups is 3. The highest BCUT2D eigenvalue weighted by atomic mass is 16.5. The summed E-state index contributed by atoms with van der Waals surface area (Å²) in [6.45, 7) is 14.1. The van der Waals surface area contributed by atoms with Gasteiger partial charge in [-0.25, -0.2) is 19.4 Å². The Labute approximate surface area is 357 Å². The Bertz CT molecular complexity index is 1810. The van der Waals surface area contributed by atoms with E-state index in [-0.39, 0.29) is 17.9 Å². The minimum atomic E-state index is -0.348. The van der Waals surface area contributed by atoms with Crippen molar-refractivity contribution in [3.05, 3.63) is 101 Å². The molecule has 0 amide bonds. The van der Waals surface area contributed by atoms with Gasteiger partial charge in [0.1, 0.15) is 11.7 Å². The number of ether oxygens (including phenoxy) is 3. The molecule has 1 heterocycles. The van der Waals surface area contributed by atoms with Gasteiger partial charge >= 0.3 is 17.9 Å². The van der Waals surface area contributed by atoms with Gasteiger partial charge in [0.05, 0.1) is 47.9 Å². The predicted octanol–water partition coefficient (Wildman–Crippen LogP) is 11.1. The van der Waals surface area contributed by atoms with Crippen molar-refractivity contribution in [2.75, 3.05) is 30.6 Å². The van der Waals surface area contributed by atoms with Crippen molar-refractivity contribution in [2.24, 2.45) is 22.7 Å². The molecule has 4 rings (SSSR count). The summed E-state index contributed by atoms with van der Waals surface area (Å²) in [7, 11) is 0. The van der Waals surface area contributed by atoms with E-state index < -0.39 is 0 Å². The van der Waals surface area contributed by atoms with E-state index in [0.717, 1.165) is 82.7 Å². The smallest absolute Gasteiger partial charge is 0.338 e. The summed E-state index contributed by atoms with van der Waals surface area (Å²) in [4.78, 5) is 43.3. The second-order valence-electron chi connectivity index (χ2n) is 15.6. The molecule has 0 saturated heterocycles. The number of aliphatic imine (C=N–C) groups is 1. The standard InChI is InChI=1S/C48H68N6O6/c1-7-13-16-35(10-4)32-58-46(55)38-19-25-41(26-20-38)49-44-31-45(50-42-27-21-39(22-28-42)47(56)59-33-36(11-5)17-14-8-2)53-54(52-44)51-43-29-23-40(24-30-43)48(57)60-34-37(12-6)18-15-9-3/h19-31,35-37,49,51-52H,7-18,32-34H2,1-6H3,(H,50,53). The molecule has 1 aliphatic heterocycles. The van der Waals surface area contributed by atoms with Gasteiger partial charge in [0.25, 0.3) is 0 Å². The first-order chi connectivity index (χ1) is 29.2. The van der Waals surface area contributed by atoms with Gasteiger partial charge in [-0.15, -0.1) is 0 Å². The molecule has 0 aromatic heterocycles. The normalized spacial score (nSPS) is 14.8. The van der Waals surface area contributed by atoms with Crippen molar-refractivity contribution in [1.29, 1.82) is 0 Å². The number of nitrogens with zero attached hydrogens (tertiary/aromatic N) is 2. The highest BCUT2D eigenvalue weighted by molar-refractivity contribution is 5.96. The molecule has 0 spiro atoms. The first kappa shape index (κ1) is 47.3. The lowest BCUT2D eigenvalue weighted by Gasteiger charge is -2.31. The molecule has 326 valence electrons. The predicted molar refractivity (Wildman–Crippen MR) is 241 cm³/mol. The van der Waals surface area contributed by atoms with E-state index in [4.69, 9.17) is 19.2 Å². The number of carbonyl (C=O) groups excluding carboxylic acids is 3. The fourth-order valence-corrected chi connectivity index (χ4v) is 6.63. The molecule has 3 unspecified atom stereocenters. The van der Waals surface area contributed by atoms with Gasteiger partial charge in [0.15, 0.2) is 0 Å². The molecular formula is C48H68N6O6. The molecule has 3 atom stereocenters. The van der Waals surface area contributed by atoms with Crippen LogP contribution in [0.4, 0.5) is 17.1 Å². The number of benzene rings is 3. The molecule has 3 aromatic carbocycles. The quantitative estimate of drug-likeness (QED) is 0.0454. The molecule has 60 heavy (non-hydrogen) atoms. The molecule has 12 nitrogen and oxygen atoms in total. The number of rotatable bonds is 26. The van der Waals surface area contributed by atoms with Crippen LogP contribution in [0.2, 0.25) is 0 Å². The molecule has 1 aliphatic rings. The van der Waals surface area contributed by atoms with Crippen LogP contribution in [0, 0.1) is 17.8 Å². The van der Waals surface area contributed by atoms with Crippen LogP contribution < -0.4 is 21.6 Å². The molecule has 0 radical (unpaired) electrons. The second-order valence-corrected chi connectivity index (χ2v) is 15.6. The molecule has 0 bridgehead atoms.